The molecule has 0 aromatic rings. The SMILES string of the molecule is CCCCCCCCCCCCCCCCCCCC(O)CCCC. The maximum absolute atomic E-state index is 9.81. The van der Waals surface area contributed by atoms with Gasteiger partial charge in [0, 0.05) is 0 Å². The Morgan fingerprint density at radius 2 is 0.680 bits per heavy atom. The number of aliphatic hydroxyl groups excluding tert-OH is 1. The second-order valence-corrected chi connectivity index (χ2v) is 8.24. The third kappa shape index (κ3) is 21.9. The molecule has 0 radical (unpaired) electrons. The van der Waals surface area contributed by atoms with Gasteiger partial charge in [0.15, 0.2) is 0 Å². The highest BCUT2D eigenvalue weighted by molar-refractivity contribution is 4.56. The summed E-state index contributed by atoms with van der Waals surface area (Å²) in [4.78, 5) is 0. The first-order valence-electron chi connectivity index (χ1n) is 12.0. The molecule has 0 amide bonds. The van der Waals surface area contributed by atoms with Crippen LogP contribution in [0.5, 0.6) is 0 Å². The van der Waals surface area contributed by atoms with Gasteiger partial charge < -0.3 is 5.11 Å². The number of unbranched alkanes of at least 4 members (excludes halogenated alkanes) is 17. The topological polar surface area (TPSA) is 20.2 Å². The van der Waals surface area contributed by atoms with Crippen LogP contribution in [0.1, 0.15) is 149 Å². The molecule has 0 fully saturated rings. The maximum atomic E-state index is 9.81. The summed E-state index contributed by atoms with van der Waals surface area (Å²) in [5.41, 5.74) is 0. The van der Waals surface area contributed by atoms with Crippen molar-refractivity contribution in [2.24, 2.45) is 0 Å². The molecule has 1 nitrogen and oxygen atoms in total. The van der Waals surface area contributed by atoms with Crippen molar-refractivity contribution >= 4 is 0 Å². The molecule has 0 aliphatic heterocycles. The van der Waals surface area contributed by atoms with Crippen LogP contribution < -0.4 is 0 Å². The zero-order valence-electron chi connectivity index (χ0n) is 17.9. The number of hydrogen-bond donors (Lipinski definition) is 1. The lowest BCUT2D eigenvalue weighted by Gasteiger charge is -2.09. The zero-order valence-corrected chi connectivity index (χ0v) is 17.9. The summed E-state index contributed by atoms with van der Waals surface area (Å²) < 4.78 is 0. The van der Waals surface area contributed by atoms with Crippen molar-refractivity contribution in [3.63, 3.8) is 0 Å². The van der Waals surface area contributed by atoms with Gasteiger partial charge >= 0.3 is 0 Å². The van der Waals surface area contributed by atoms with Gasteiger partial charge in [-0.05, 0) is 12.8 Å². The predicted molar refractivity (Wildman–Crippen MR) is 114 cm³/mol. The van der Waals surface area contributed by atoms with Crippen LogP contribution in [-0.4, -0.2) is 11.2 Å². The van der Waals surface area contributed by atoms with E-state index in [9.17, 15) is 5.11 Å². The lowest BCUT2D eigenvalue weighted by molar-refractivity contribution is 0.148. The Kier molecular flexibility index (Phi) is 22.0. The highest BCUT2D eigenvalue weighted by Crippen LogP contribution is 2.15. The molecule has 0 saturated carbocycles. The highest BCUT2D eigenvalue weighted by atomic mass is 16.3. The van der Waals surface area contributed by atoms with E-state index in [0.29, 0.717) is 0 Å². The van der Waals surface area contributed by atoms with Crippen molar-refractivity contribution < 1.29 is 5.11 Å². The van der Waals surface area contributed by atoms with E-state index in [1.807, 2.05) is 0 Å². The summed E-state index contributed by atoms with van der Waals surface area (Å²) in [6.07, 6.45) is 28.5. The standard InChI is InChI=1S/C24H50O/c1-3-5-7-8-9-10-11-12-13-14-15-16-17-18-19-20-21-23-24(25)22-6-4-2/h24-25H,3-23H2,1-2H3. The molecule has 0 aromatic carbocycles. The third-order valence-corrected chi connectivity index (χ3v) is 5.53. The molecule has 1 unspecified atom stereocenters. The van der Waals surface area contributed by atoms with Crippen LogP contribution in [0.2, 0.25) is 0 Å². The fraction of sp³-hybridized carbons (Fsp3) is 1.00. The van der Waals surface area contributed by atoms with E-state index in [1.54, 1.807) is 0 Å². The van der Waals surface area contributed by atoms with E-state index in [4.69, 9.17) is 0 Å². The van der Waals surface area contributed by atoms with Crippen molar-refractivity contribution in [1.82, 2.24) is 0 Å². The van der Waals surface area contributed by atoms with Crippen LogP contribution in [0.4, 0.5) is 0 Å². The van der Waals surface area contributed by atoms with Crippen molar-refractivity contribution in [3.05, 3.63) is 0 Å². The molecule has 25 heavy (non-hydrogen) atoms. The summed E-state index contributed by atoms with van der Waals surface area (Å²) in [6, 6.07) is 0. The van der Waals surface area contributed by atoms with Gasteiger partial charge in [-0.15, -0.1) is 0 Å². The Hall–Kier alpha value is -0.0400. The molecule has 1 N–H and O–H groups in total. The van der Waals surface area contributed by atoms with E-state index >= 15 is 0 Å². The molecule has 0 saturated heterocycles. The smallest absolute Gasteiger partial charge is 0.0540 e. The molecule has 1 atom stereocenters. The van der Waals surface area contributed by atoms with E-state index < -0.39 is 0 Å². The van der Waals surface area contributed by atoms with Crippen molar-refractivity contribution in [1.29, 1.82) is 0 Å². The first-order valence-corrected chi connectivity index (χ1v) is 12.0. The normalized spacial score (nSPS) is 12.6. The average Bonchev–Trinajstić information content (AvgIpc) is 2.62. The van der Waals surface area contributed by atoms with Gasteiger partial charge in [-0.2, -0.15) is 0 Å². The van der Waals surface area contributed by atoms with Crippen LogP contribution in [0, 0.1) is 0 Å². The second-order valence-electron chi connectivity index (χ2n) is 8.24. The summed E-state index contributed by atoms with van der Waals surface area (Å²) in [6.45, 7) is 4.49. The fourth-order valence-corrected chi connectivity index (χ4v) is 3.69. The minimum Gasteiger partial charge on any atom is -0.393 e. The molecule has 0 aliphatic rings. The predicted octanol–water partition coefficient (Wildman–Crippen LogP) is 8.58. The fourth-order valence-electron chi connectivity index (χ4n) is 3.69. The number of hydrogen-bond acceptors (Lipinski definition) is 1. The number of rotatable bonds is 21. The molecule has 0 heterocycles. The maximum Gasteiger partial charge on any atom is 0.0540 e. The molecule has 0 aliphatic carbocycles. The van der Waals surface area contributed by atoms with Crippen LogP contribution >= 0.6 is 0 Å². The van der Waals surface area contributed by atoms with E-state index in [-0.39, 0.29) is 6.10 Å². The lowest BCUT2D eigenvalue weighted by atomic mass is 10.0. The highest BCUT2D eigenvalue weighted by Gasteiger charge is 2.02. The minimum absolute atomic E-state index is 0.0312. The molecule has 0 aromatic heterocycles. The van der Waals surface area contributed by atoms with E-state index in [1.165, 1.54) is 122 Å². The quantitative estimate of drug-likeness (QED) is 0.205. The Morgan fingerprint density at radius 1 is 0.400 bits per heavy atom. The van der Waals surface area contributed by atoms with Crippen molar-refractivity contribution in [2.45, 2.75) is 155 Å². The Balaban J connectivity index is 3.03. The van der Waals surface area contributed by atoms with Gasteiger partial charge in [-0.1, -0.05) is 136 Å². The molecular weight excluding hydrogens is 304 g/mol. The first kappa shape index (κ1) is 25.0. The Labute approximate surface area is 160 Å². The molecule has 0 spiro atoms. The van der Waals surface area contributed by atoms with Crippen LogP contribution in [0.25, 0.3) is 0 Å². The third-order valence-electron chi connectivity index (χ3n) is 5.53. The Morgan fingerprint density at radius 3 is 1.04 bits per heavy atom. The van der Waals surface area contributed by atoms with Crippen molar-refractivity contribution in [3.8, 4) is 0 Å². The van der Waals surface area contributed by atoms with Crippen molar-refractivity contribution in [2.75, 3.05) is 0 Å². The number of aliphatic hydroxyl groups is 1. The molecule has 152 valence electrons. The van der Waals surface area contributed by atoms with Gasteiger partial charge in [0.05, 0.1) is 6.10 Å². The van der Waals surface area contributed by atoms with Gasteiger partial charge in [0.2, 0.25) is 0 Å². The first-order chi connectivity index (χ1) is 12.3. The molecule has 0 rings (SSSR count). The van der Waals surface area contributed by atoms with Gasteiger partial charge in [0.25, 0.3) is 0 Å². The summed E-state index contributed by atoms with van der Waals surface area (Å²) >= 11 is 0. The summed E-state index contributed by atoms with van der Waals surface area (Å²) in [7, 11) is 0. The average molecular weight is 355 g/mol. The minimum atomic E-state index is -0.0312. The lowest BCUT2D eigenvalue weighted by Crippen LogP contribution is -2.05. The largest absolute Gasteiger partial charge is 0.393 e. The van der Waals surface area contributed by atoms with Crippen LogP contribution in [0.3, 0.4) is 0 Å². The van der Waals surface area contributed by atoms with E-state index in [0.717, 1.165) is 12.8 Å². The van der Waals surface area contributed by atoms with Crippen LogP contribution in [0.15, 0.2) is 0 Å². The molecular formula is C24H50O. The molecule has 0 bridgehead atoms. The Bertz CT molecular complexity index is 226. The van der Waals surface area contributed by atoms with E-state index in [2.05, 4.69) is 13.8 Å². The van der Waals surface area contributed by atoms with Gasteiger partial charge in [-0.3, -0.25) is 0 Å². The van der Waals surface area contributed by atoms with Crippen LogP contribution in [-0.2, 0) is 0 Å². The zero-order chi connectivity index (χ0) is 18.4. The van der Waals surface area contributed by atoms with Gasteiger partial charge in [0.1, 0.15) is 0 Å². The summed E-state index contributed by atoms with van der Waals surface area (Å²) in [5.74, 6) is 0. The molecule has 1 heteroatoms. The van der Waals surface area contributed by atoms with Gasteiger partial charge in [-0.25, -0.2) is 0 Å². The second kappa shape index (κ2) is 22.0. The monoisotopic (exact) mass is 354 g/mol. The summed E-state index contributed by atoms with van der Waals surface area (Å²) in [5, 5.41) is 9.81.